The van der Waals surface area contributed by atoms with Gasteiger partial charge in [-0.25, -0.2) is 0 Å². The molecule has 0 spiro atoms. The molecule has 0 heterocycles. The molecule has 1 rings (SSSR count). The van der Waals surface area contributed by atoms with E-state index in [0.29, 0.717) is 34.2 Å². The molecule has 0 saturated heterocycles. The van der Waals surface area contributed by atoms with Gasteiger partial charge in [-0.3, -0.25) is 4.89 Å². The molecule has 0 aromatic carbocycles. The molecule has 0 amide bonds. The van der Waals surface area contributed by atoms with Gasteiger partial charge in [0, 0.05) is 5.92 Å². The van der Waals surface area contributed by atoms with Crippen LogP contribution in [-0.2, 0) is 0 Å². The Kier molecular flexibility index (Phi) is 6.24. The molecule has 0 bridgehead atoms. The summed E-state index contributed by atoms with van der Waals surface area (Å²) in [5.41, 5.74) is 1.20. The van der Waals surface area contributed by atoms with Crippen LogP contribution in [0.25, 0.3) is 0 Å². The van der Waals surface area contributed by atoms with Gasteiger partial charge in [-0.15, -0.1) is 0 Å². The third-order valence-corrected chi connectivity index (χ3v) is 8.71. The first-order valence-corrected chi connectivity index (χ1v) is 10.8. The van der Waals surface area contributed by atoms with Gasteiger partial charge in [0.2, 0.25) is 0 Å². The quantitative estimate of drug-likeness (QED) is 0.592. The first-order valence-electron chi connectivity index (χ1n) is 9.23. The molecule has 1 N–H and O–H groups in total. The highest BCUT2D eigenvalue weighted by molar-refractivity contribution is 7.54. The molecular formula is C20H42OP+. The number of rotatable bonds is 3. The van der Waals surface area contributed by atoms with Crippen molar-refractivity contribution >= 4 is 8.15 Å². The van der Waals surface area contributed by atoms with Gasteiger partial charge >= 0.3 is 0 Å². The summed E-state index contributed by atoms with van der Waals surface area (Å²) in [6, 6.07) is 0. The van der Waals surface area contributed by atoms with Crippen LogP contribution in [0.3, 0.4) is 0 Å². The van der Waals surface area contributed by atoms with E-state index in [4.69, 9.17) is 0 Å². The van der Waals surface area contributed by atoms with Crippen molar-refractivity contribution in [2.24, 2.45) is 28.6 Å². The van der Waals surface area contributed by atoms with Crippen molar-refractivity contribution in [3.05, 3.63) is 0 Å². The average molecular weight is 330 g/mol. The molecule has 132 valence electrons. The zero-order chi connectivity index (χ0) is 17.5. The van der Waals surface area contributed by atoms with Crippen molar-refractivity contribution in [3.8, 4) is 0 Å². The van der Waals surface area contributed by atoms with Crippen LogP contribution in [0.15, 0.2) is 0 Å². The Bertz CT molecular complexity index is 341. The van der Waals surface area contributed by atoms with E-state index in [2.05, 4.69) is 69.2 Å². The molecule has 0 aromatic heterocycles. The van der Waals surface area contributed by atoms with Crippen molar-refractivity contribution in [3.63, 3.8) is 0 Å². The largest absolute Gasteiger partial charge is 0.253 e. The Labute approximate surface area is 141 Å². The SMILES string of the molecule is C[C@H](C1CCCC1[PH+](O)C(C)(C)C)C(C(C)(C)C)C(C)(C)C. The molecule has 1 fully saturated rings. The maximum Gasteiger partial charge on any atom is 0.137 e. The van der Waals surface area contributed by atoms with Gasteiger partial charge in [0.25, 0.3) is 0 Å². The maximum absolute atomic E-state index is 11.0. The first-order chi connectivity index (χ1) is 9.67. The molecule has 22 heavy (non-hydrogen) atoms. The van der Waals surface area contributed by atoms with Gasteiger partial charge in [0.1, 0.15) is 8.15 Å². The Hall–Kier alpha value is 0.390. The van der Waals surface area contributed by atoms with E-state index >= 15 is 0 Å². The van der Waals surface area contributed by atoms with E-state index in [1.807, 2.05) is 0 Å². The molecule has 0 aliphatic heterocycles. The Morgan fingerprint density at radius 3 is 1.68 bits per heavy atom. The van der Waals surface area contributed by atoms with Crippen LogP contribution in [0.4, 0.5) is 0 Å². The average Bonchev–Trinajstić information content (AvgIpc) is 2.70. The standard InChI is InChI=1S/C20H41OP/c1-14(17(18(2,3)4)19(5,6)7)15-12-11-13-16(15)22(21)20(8,9)10/h14-17,21H,11-13H2,1-10H3/p+1/t14-,15?,16?,22?/m1/s1. The van der Waals surface area contributed by atoms with Gasteiger partial charge in [-0.2, -0.15) is 0 Å². The lowest BCUT2D eigenvalue weighted by Crippen LogP contribution is -2.42. The van der Waals surface area contributed by atoms with E-state index in [-0.39, 0.29) is 5.16 Å². The first kappa shape index (κ1) is 20.4. The van der Waals surface area contributed by atoms with E-state index < -0.39 is 8.15 Å². The number of hydrogen-bond acceptors (Lipinski definition) is 1. The molecule has 2 heteroatoms. The summed E-state index contributed by atoms with van der Waals surface area (Å²) in [5, 5.41) is 0.0939. The topological polar surface area (TPSA) is 20.2 Å². The smallest absolute Gasteiger partial charge is 0.137 e. The molecular weight excluding hydrogens is 287 g/mol. The lowest BCUT2D eigenvalue weighted by Gasteiger charge is -2.47. The summed E-state index contributed by atoms with van der Waals surface area (Å²) in [4.78, 5) is 11.0. The van der Waals surface area contributed by atoms with Crippen LogP contribution >= 0.6 is 8.15 Å². The second kappa shape index (κ2) is 6.72. The minimum Gasteiger partial charge on any atom is -0.253 e. The summed E-state index contributed by atoms with van der Waals surface area (Å²) < 4.78 is 0. The van der Waals surface area contributed by atoms with Gasteiger partial charge in [0.05, 0.1) is 10.8 Å². The van der Waals surface area contributed by atoms with Crippen LogP contribution < -0.4 is 0 Å². The molecule has 1 aliphatic rings. The fraction of sp³-hybridized carbons (Fsp3) is 1.00. The molecule has 0 aromatic rings. The van der Waals surface area contributed by atoms with Gasteiger partial charge in [-0.05, 0) is 62.7 Å². The summed E-state index contributed by atoms with van der Waals surface area (Å²) >= 11 is 0. The predicted octanol–water partition coefficient (Wildman–Crippen LogP) is 6.42. The van der Waals surface area contributed by atoms with Crippen LogP contribution in [0.1, 0.15) is 88.5 Å². The van der Waals surface area contributed by atoms with Gasteiger partial charge in [0.15, 0.2) is 0 Å². The van der Waals surface area contributed by atoms with Crippen LogP contribution in [-0.4, -0.2) is 15.7 Å². The minimum absolute atomic E-state index is 0.0939. The van der Waals surface area contributed by atoms with Crippen molar-refractivity contribution in [1.82, 2.24) is 0 Å². The van der Waals surface area contributed by atoms with Crippen molar-refractivity contribution in [1.29, 1.82) is 0 Å². The van der Waals surface area contributed by atoms with Crippen LogP contribution in [0, 0.1) is 28.6 Å². The molecule has 1 nitrogen and oxygen atoms in total. The Morgan fingerprint density at radius 2 is 1.32 bits per heavy atom. The Morgan fingerprint density at radius 1 is 0.864 bits per heavy atom. The monoisotopic (exact) mass is 329 g/mol. The lowest BCUT2D eigenvalue weighted by molar-refractivity contribution is 0.0243. The molecule has 1 aliphatic carbocycles. The van der Waals surface area contributed by atoms with E-state index in [1.165, 1.54) is 19.3 Å². The van der Waals surface area contributed by atoms with E-state index in [9.17, 15) is 4.89 Å². The van der Waals surface area contributed by atoms with E-state index in [0.717, 1.165) is 0 Å². The normalized spacial score (nSPS) is 27.3. The van der Waals surface area contributed by atoms with Crippen molar-refractivity contribution in [2.75, 3.05) is 0 Å². The third kappa shape index (κ3) is 4.70. The molecule has 1 saturated carbocycles. The van der Waals surface area contributed by atoms with Crippen molar-refractivity contribution < 1.29 is 4.89 Å². The fourth-order valence-electron chi connectivity index (χ4n) is 5.64. The van der Waals surface area contributed by atoms with Crippen LogP contribution in [0.2, 0.25) is 0 Å². The highest BCUT2D eigenvalue weighted by Crippen LogP contribution is 2.60. The van der Waals surface area contributed by atoms with Crippen LogP contribution in [0.5, 0.6) is 0 Å². The highest BCUT2D eigenvalue weighted by Gasteiger charge is 2.50. The molecule has 4 atom stereocenters. The summed E-state index contributed by atoms with van der Waals surface area (Å²) in [5.74, 6) is 2.07. The summed E-state index contributed by atoms with van der Waals surface area (Å²) in [6.07, 6.45) is 3.88. The zero-order valence-electron chi connectivity index (χ0n) is 16.9. The predicted molar refractivity (Wildman–Crippen MR) is 103 cm³/mol. The number of hydrogen-bond donors (Lipinski definition) is 1. The zero-order valence-corrected chi connectivity index (χ0v) is 17.9. The molecule has 3 unspecified atom stereocenters. The highest BCUT2D eigenvalue weighted by atomic mass is 31.1. The second-order valence-electron chi connectivity index (χ2n) is 10.9. The summed E-state index contributed by atoms with van der Waals surface area (Å²) in [6.45, 7) is 23.6. The minimum atomic E-state index is -1.30. The Balaban J connectivity index is 3.06. The third-order valence-electron chi connectivity index (χ3n) is 5.76. The fourth-order valence-corrected chi connectivity index (χ4v) is 8.10. The van der Waals surface area contributed by atoms with Gasteiger partial charge in [-0.1, -0.05) is 48.5 Å². The molecule has 0 radical (unpaired) electrons. The lowest BCUT2D eigenvalue weighted by atomic mass is 9.59. The van der Waals surface area contributed by atoms with Gasteiger partial charge < -0.3 is 0 Å². The summed E-state index contributed by atoms with van der Waals surface area (Å²) in [7, 11) is -1.30. The van der Waals surface area contributed by atoms with E-state index in [1.54, 1.807) is 0 Å². The maximum atomic E-state index is 11.0. The second-order valence-corrected chi connectivity index (χ2v) is 13.9. The van der Waals surface area contributed by atoms with Crippen molar-refractivity contribution in [2.45, 2.75) is 99.3 Å².